The van der Waals surface area contributed by atoms with Gasteiger partial charge in [-0.25, -0.2) is 4.98 Å². The summed E-state index contributed by atoms with van der Waals surface area (Å²) in [6, 6.07) is 8.32. The molecule has 23 heavy (non-hydrogen) atoms. The van der Waals surface area contributed by atoms with Crippen LogP contribution in [0.1, 0.15) is 37.9 Å². The van der Waals surface area contributed by atoms with E-state index in [4.69, 9.17) is 0 Å². The molecular weight excluding hydrogens is 308 g/mol. The number of benzene rings is 1. The monoisotopic (exact) mass is 332 g/mol. The van der Waals surface area contributed by atoms with Gasteiger partial charge in [0.25, 0.3) is 0 Å². The number of hydrogen-bond acceptors (Lipinski definition) is 4. The molecule has 5 heteroatoms. The van der Waals surface area contributed by atoms with Crippen LogP contribution in [-0.2, 0) is 11.3 Å². The van der Waals surface area contributed by atoms with Crippen molar-refractivity contribution < 1.29 is 9.90 Å². The van der Waals surface area contributed by atoms with E-state index in [1.165, 1.54) is 5.56 Å². The van der Waals surface area contributed by atoms with Crippen LogP contribution >= 0.6 is 11.3 Å². The first-order chi connectivity index (χ1) is 11.0. The molecule has 0 spiro atoms. The Morgan fingerprint density at radius 1 is 1.26 bits per heavy atom. The van der Waals surface area contributed by atoms with Crippen LogP contribution in [0, 0.1) is 12.3 Å². The van der Waals surface area contributed by atoms with E-state index < -0.39 is 11.4 Å². The molecule has 0 aliphatic heterocycles. The minimum Gasteiger partial charge on any atom is -0.481 e. The average molecular weight is 332 g/mol. The van der Waals surface area contributed by atoms with Gasteiger partial charge in [0.2, 0.25) is 0 Å². The van der Waals surface area contributed by atoms with Gasteiger partial charge >= 0.3 is 5.97 Å². The smallest absolute Gasteiger partial charge is 0.310 e. The van der Waals surface area contributed by atoms with Gasteiger partial charge in [0, 0.05) is 24.0 Å². The van der Waals surface area contributed by atoms with Crippen molar-refractivity contribution in [2.75, 3.05) is 6.54 Å². The summed E-state index contributed by atoms with van der Waals surface area (Å²) < 4.78 is 0. The number of thiazole rings is 1. The maximum Gasteiger partial charge on any atom is 0.310 e. The number of carboxylic acid groups (broad SMARTS) is 1. The number of nitrogens with zero attached hydrogens (tertiary/aromatic N) is 1. The lowest BCUT2D eigenvalue weighted by atomic mass is 9.82. The van der Waals surface area contributed by atoms with Gasteiger partial charge in [-0.1, -0.05) is 43.7 Å². The normalized spacial score (nSPS) is 11.6. The van der Waals surface area contributed by atoms with Crippen molar-refractivity contribution in [2.45, 2.75) is 40.2 Å². The number of nitrogens with one attached hydrogen (secondary N) is 1. The first-order valence-corrected chi connectivity index (χ1v) is 8.84. The number of aryl methyl sites for hydroxylation is 1. The Labute approximate surface area is 141 Å². The molecule has 2 rings (SSSR count). The summed E-state index contributed by atoms with van der Waals surface area (Å²) in [6.07, 6.45) is 1.25. The second kappa shape index (κ2) is 7.70. The highest BCUT2D eigenvalue weighted by molar-refractivity contribution is 7.13. The molecule has 0 unspecified atom stereocenters. The van der Waals surface area contributed by atoms with Crippen LogP contribution in [0.5, 0.6) is 0 Å². The largest absolute Gasteiger partial charge is 0.481 e. The van der Waals surface area contributed by atoms with Crippen LogP contribution in [0.25, 0.3) is 10.6 Å². The van der Waals surface area contributed by atoms with Crippen LogP contribution in [0.2, 0.25) is 0 Å². The molecule has 0 amide bonds. The average Bonchev–Trinajstić information content (AvgIpc) is 3.01. The van der Waals surface area contributed by atoms with Gasteiger partial charge in [-0.2, -0.15) is 0 Å². The van der Waals surface area contributed by atoms with Crippen LogP contribution in [0.15, 0.2) is 29.6 Å². The maximum atomic E-state index is 11.5. The van der Waals surface area contributed by atoms with Crippen molar-refractivity contribution in [1.82, 2.24) is 10.3 Å². The van der Waals surface area contributed by atoms with Crippen molar-refractivity contribution in [1.29, 1.82) is 0 Å². The minimum atomic E-state index is -0.728. The molecule has 0 aliphatic carbocycles. The Hall–Kier alpha value is -1.72. The van der Waals surface area contributed by atoms with E-state index in [0.29, 0.717) is 25.9 Å². The summed E-state index contributed by atoms with van der Waals surface area (Å²) >= 11 is 1.62. The van der Waals surface area contributed by atoms with Gasteiger partial charge in [0.1, 0.15) is 5.01 Å². The highest BCUT2D eigenvalue weighted by Gasteiger charge is 2.34. The second-order valence-corrected chi connectivity index (χ2v) is 6.76. The fraction of sp³-hybridized carbons (Fsp3) is 0.444. The molecule has 1 heterocycles. The topological polar surface area (TPSA) is 62.2 Å². The lowest BCUT2D eigenvalue weighted by Crippen LogP contribution is -2.40. The summed E-state index contributed by atoms with van der Waals surface area (Å²) in [5.41, 5.74) is 2.62. The van der Waals surface area contributed by atoms with Crippen molar-refractivity contribution in [3.8, 4) is 10.6 Å². The van der Waals surface area contributed by atoms with E-state index >= 15 is 0 Å². The molecule has 0 fully saturated rings. The van der Waals surface area contributed by atoms with Gasteiger partial charge in [-0.3, -0.25) is 4.79 Å². The van der Waals surface area contributed by atoms with E-state index in [-0.39, 0.29) is 0 Å². The number of carbonyl (C=O) groups is 1. The molecule has 0 radical (unpaired) electrons. The third kappa shape index (κ3) is 4.18. The minimum absolute atomic E-state index is 0.465. The molecule has 1 aromatic carbocycles. The Bertz CT molecular complexity index is 645. The SMILES string of the molecule is CCC(CC)(CNCc1csc(-c2ccc(C)cc2)n1)C(=O)O. The summed E-state index contributed by atoms with van der Waals surface area (Å²) in [4.78, 5) is 16.1. The zero-order valence-corrected chi connectivity index (χ0v) is 14.7. The molecule has 2 aromatic rings. The molecule has 0 bridgehead atoms. The van der Waals surface area contributed by atoms with E-state index in [9.17, 15) is 9.90 Å². The van der Waals surface area contributed by atoms with E-state index in [0.717, 1.165) is 16.3 Å². The molecule has 4 nitrogen and oxygen atoms in total. The van der Waals surface area contributed by atoms with Crippen LogP contribution in [-0.4, -0.2) is 22.6 Å². The van der Waals surface area contributed by atoms with E-state index in [1.54, 1.807) is 11.3 Å². The molecule has 1 aromatic heterocycles. The quantitative estimate of drug-likeness (QED) is 0.764. The Kier molecular flexibility index (Phi) is 5.91. The van der Waals surface area contributed by atoms with Crippen molar-refractivity contribution in [2.24, 2.45) is 5.41 Å². The van der Waals surface area contributed by atoms with E-state index in [2.05, 4.69) is 41.5 Å². The van der Waals surface area contributed by atoms with Crippen molar-refractivity contribution in [3.63, 3.8) is 0 Å². The summed E-state index contributed by atoms with van der Waals surface area (Å²) in [6.45, 7) is 6.98. The van der Waals surface area contributed by atoms with Gasteiger partial charge in [-0.15, -0.1) is 11.3 Å². The highest BCUT2D eigenvalue weighted by atomic mass is 32.1. The van der Waals surface area contributed by atoms with Gasteiger partial charge in [-0.05, 0) is 19.8 Å². The highest BCUT2D eigenvalue weighted by Crippen LogP contribution is 2.26. The number of carboxylic acids is 1. The molecular formula is C18H24N2O2S. The number of hydrogen-bond donors (Lipinski definition) is 2. The zero-order valence-electron chi connectivity index (χ0n) is 13.9. The number of aromatic nitrogens is 1. The lowest BCUT2D eigenvalue weighted by Gasteiger charge is -2.26. The van der Waals surface area contributed by atoms with Gasteiger partial charge in [0.05, 0.1) is 11.1 Å². The van der Waals surface area contributed by atoms with E-state index in [1.807, 2.05) is 19.2 Å². The second-order valence-electron chi connectivity index (χ2n) is 5.91. The molecule has 2 N–H and O–H groups in total. The predicted molar refractivity (Wildman–Crippen MR) is 94.6 cm³/mol. The van der Waals surface area contributed by atoms with Crippen LogP contribution in [0.4, 0.5) is 0 Å². The van der Waals surface area contributed by atoms with Crippen LogP contribution < -0.4 is 5.32 Å². The van der Waals surface area contributed by atoms with Gasteiger partial charge in [0.15, 0.2) is 0 Å². The Balaban J connectivity index is 1.97. The fourth-order valence-electron chi connectivity index (χ4n) is 2.52. The molecule has 0 saturated heterocycles. The first kappa shape index (κ1) is 17.6. The Morgan fingerprint density at radius 2 is 1.91 bits per heavy atom. The maximum absolute atomic E-state index is 11.5. The molecule has 0 aliphatic rings. The van der Waals surface area contributed by atoms with Crippen molar-refractivity contribution in [3.05, 3.63) is 40.9 Å². The Morgan fingerprint density at radius 3 is 2.48 bits per heavy atom. The molecule has 0 atom stereocenters. The third-order valence-corrected chi connectivity index (χ3v) is 5.37. The summed E-state index contributed by atoms with van der Waals surface area (Å²) in [5, 5.41) is 15.7. The van der Waals surface area contributed by atoms with Crippen molar-refractivity contribution >= 4 is 17.3 Å². The van der Waals surface area contributed by atoms with Gasteiger partial charge < -0.3 is 10.4 Å². The predicted octanol–water partition coefficient (Wildman–Crippen LogP) is 4.10. The third-order valence-electron chi connectivity index (χ3n) is 4.43. The molecule has 124 valence electrons. The standard InChI is InChI=1S/C18H24N2O2S/c1-4-18(5-2,17(21)22)12-19-10-15-11-23-16(20-15)14-8-6-13(3)7-9-14/h6-9,11,19H,4-5,10,12H2,1-3H3,(H,21,22). The number of aliphatic carboxylic acids is 1. The van der Waals surface area contributed by atoms with Crippen LogP contribution in [0.3, 0.4) is 0 Å². The lowest BCUT2D eigenvalue weighted by molar-refractivity contribution is -0.149. The first-order valence-electron chi connectivity index (χ1n) is 7.96. The zero-order chi connectivity index (χ0) is 16.9. The summed E-state index contributed by atoms with van der Waals surface area (Å²) in [5.74, 6) is -0.728. The molecule has 0 saturated carbocycles. The fourth-order valence-corrected chi connectivity index (χ4v) is 3.35. The summed E-state index contributed by atoms with van der Waals surface area (Å²) in [7, 11) is 0. The number of rotatable bonds is 8.